The van der Waals surface area contributed by atoms with Crippen molar-refractivity contribution in [2.45, 2.75) is 61.0 Å². The third-order valence-corrected chi connectivity index (χ3v) is 7.52. The Labute approximate surface area is 155 Å². The maximum Gasteiger partial charge on any atom is 0.242 e. The number of nitrogens with zero attached hydrogens (tertiary/aromatic N) is 1. The molecule has 0 radical (unpaired) electrons. The number of hydrogen-bond donors (Lipinski definition) is 1. The van der Waals surface area contributed by atoms with Gasteiger partial charge in [-0.05, 0) is 37.5 Å². The standard InChI is InChI=1S/C18H28N2O3S2/c1-14(18(21)19-16-9-5-4-6-10-16)24-13-15-8-7-11-17(12-15)25(22,23)20(2)3/h7-8,11-12,14,16H,4-6,9-10,13H2,1-3H3,(H,19,21). The van der Waals surface area contributed by atoms with Crippen LogP contribution in [0.3, 0.4) is 0 Å². The second-order valence-electron chi connectivity index (χ2n) is 6.73. The molecule has 1 fully saturated rings. The molecule has 1 aromatic carbocycles. The van der Waals surface area contributed by atoms with Crippen LogP contribution in [0.4, 0.5) is 0 Å². The molecule has 1 aromatic rings. The summed E-state index contributed by atoms with van der Waals surface area (Å²) in [5, 5.41) is 2.99. The predicted molar refractivity (Wildman–Crippen MR) is 103 cm³/mol. The quantitative estimate of drug-likeness (QED) is 0.785. The predicted octanol–water partition coefficient (Wildman–Crippen LogP) is 3.01. The van der Waals surface area contributed by atoms with Crippen molar-refractivity contribution < 1.29 is 13.2 Å². The Hall–Kier alpha value is -1.05. The Morgan fingerprint density at radius 2 is 1.96 bits per heavy atom. The molecule has 0 aromatic heterocycles. The summed E-state index contributed by atoms with van der Waals surface area (Å²) in [5.74, 6) is 0.685. The first-order chi connectivity index (χ1) is 11.8. The summed E-state index contributed by atoms with van der Waals surface area (Å²) in [6.07, 6.45) is 5.81. The number of nitrogens with one attached hydrogen (secondary N) is 1. The summed E-state index contributed by atoms with van der Waals surface area (Å²) >= 11 is 1.53. The molecule has 0 bridgehead atoms. The second-order valence-corrected chi connectivity index (χ2v) is 10.2. The van der Waals surface area contributed by atoms with Crippen LogP contribution < -0.4 is 5.32 Å². The van der Waals surface area contributed by atoms with Crippen molar-refractivity contribution in [1.82, 2.24) is 9.62 Å². The van der Waals surface area contributed by atoms with Crippen molar-refractivity contribution in [3.8, 4) is 0 Å². The van der Waals surface area contributed by atoms with E-state index in [1.807, 2.05) is 13.0 Å². The van der Waals surface area contributed by atoms with Crippen LogP contribution in [0.25, 0.3) is 0 Å². The zero-order chi connectivity index (χ0) is 18.4. The number of carbonyl (C=O) groups excluding carboxylic acids is 1. The van der Waals surface area contributed by atoms with Crippen LogP contribution in [-0.4, -0.2) is 44.0 Å². The Kier molecular flexibility index (Phi) is 7.34. The molecule has 1 N–H and O–H groups in total. The molecule has 1 saturated carbocycles. The third-order valence-electron chi connectivity index (χ3n) is 4.50. The number of hydrogen-bond acceptors (Lipinski definition) is 4. The summed E-state index contributed by atoms with van der Waals surface area (Å²) in [7, 11) is -0.384. The summed E-state index contributed by atoms with van der Waals surface area (Å²) in [6.45, 7) is 1.91. The third kappa shape index (κ3) is 5.72. The van der Waals surface area contributed by atoms with Gasteiger partial charge in [0.15, 0.2) is 0 Å². The van der Waals surface area contributed by atoms with E-state index in [4.69, 9.17) is 0 Å². The lowest BCUT2D eigenvalue weighted by Crippen LogP contribution is -2.40. The Balaban J connectivity index is 1.91. The average Bonchev–Trinajstić information content (AvgIpc) is 2.60. The Morgan fingerprint density at radius 3 is 2.60 bits per heavy atom. The molecule has 1 aliphatic rings. The van der Waals surface area contributed by atoms with Crippen LogP contribution in [0.1, 0.15) is 44.6 Å². The van der Waals surface area contributed by atoms with Gasteiger partial charge in [0.05, 0.1) is 10.1 Å². The Bertz CT molecular complexity index is 683. The van der Waals surface area contributed by atoms with Gasteiger partial charge >= 0.3 is 0 Å². The van der Waals surface area contributed by atoms with Gasteiger partial charge in [0, 0.05) is 25.9 Å². The maximum absolute atomic E-state index is 12.3. The van der Waals surface area contributed by atoms with E-state index >= 15 is 0 Å². The van der Waals surface area contributed by atoms with Gasteiger partial charge in [-0.15, -0.1) is 11.8 Å². The lowest BCUT2D eigenvalue weighted by Gasteiger charge is -2.24. The number of amides is 1. The molecule has 1 atom stereocenters. The van der Waals surface area contributed by atoms with E-state index in [0.29, 0.717) is 11.8 Å². The van der Waals surface area contributed by atoms with E-state index in [2.05, 4.69) is 5.32 Å². The van der Waals surface area contributed by atoms with Gasteiger partial charge < -0.3 is 5.32 Å². The van der Waals surface area contributed by atoms with Crippen molar-refractivity contribution >= 4 is 27.7 Å². The van der Waals surface area contributed by atoms with Crippen molar-refractivity contribution in [2.75, 3.05) is 14.1 Å². The highest BCUT2D eigenvalue weighted by atomic mass is 32.2. The highest BCUT2D eigenvalue weighted by molar-refractivity contribution is 7.99. The number of rotatable bonds is 7. The first kappa shape index (κ1) is 20.3. The molecule has 25 heavy (non-hydrogen) atoms. The zero-order valence-corrected chi connectivity index (χ0v) is 16.8. The molecule has 2 rings (SSSR count). The first-order valence-corrected chi connectivity index (χ1v) is 11.2. The number of thioether (sulfide) groups is 1. The minimum absolute atomic E-state index is 0.0777. The minimum atomic E-state index is -3.43. The van der Waals surface area contributed by atoms with Gasteiger partial charge in [-0.1, -0.05) is 31.4 Å². The molecule has 140 valence electrons. The number of benzene rings is 1. The first-order valence-electron chi connectivity index (χ1n) is 8.74. The van der Waals surface area contributed by atoms with Gasteiger partial charge in [-0.25, -0.2) is 12.7 Å². The van der Waals surface area contributed by atoms with Gasteiger partial charge in [-0.2, -0.15) is 0 Å². The molecular formula is C18H28N2O3S2. The van der Waals surface area contributed by atoms with Crippen molar-refractivity contribution in [3.63, 3.8) is 0 Å². The van der Waals surface area contributed by atoms with E-state index in [1.54, 1.807) is 18.2 Å². The largest absolute Gasteiger partial charge is 0.352 e. The molecular weight excluding hydrogens is 356 g/mol. The SMILES string of the molecule is CC(SCc1cccc(S(=O)(=O)N(C)C)c1)C(=O)NC1CCCCC1. The van der Waals surface area contributed by atoms with Gasteiger partial charge in [0.2, 0.25) is 15.9 Å². The number of carbonyl (C=O) groups is 1. The summed E-state index contributed by atoms with van der Waals surface area (Å²) in [4.78, 5) is 12.6. The van der Waals surface area contributed by atoms with E-state index in [9.17, 15) is 13.2 Å². The second kappa shape index (κ2) is 9.05. The number of sulfonamides is 1. The molecule has 1 aliphatic carbocycles. The normalized spacial score (nSPS) is 17.4. The highest BCUT2D eigenvalue weighted by Gasteiger charge is 2.21. The minimum Gasteiger partial charge on any atom is -0.352 e. The highest BCUT2D eigenvalue weighted by Crippen LogP contribution is 2.22. The van der Waals surface area contributed by atoms with Gasteiger partial charge in [-0.3, -0.25) is 4.79 Å². The summed E-state index contributed by atoms with van der Waals surface area (Å²) in [6, 6.07) is 7.25. The smallest absolute Gasteiger partial charge is 0.242 e. The molecule has 1 unspecified atom stereocenters. The monoisotopic (exact) mass is 384 g/mol. The van der Waals surface area contributed by atoms with E-state index in [1.165, 1.54) is 49.4 Å². The molecule has 0 saturated heterocycles. The molecule has 0 spiro atoms. The van der Waals surface area contributed by atoms with Crippen LogP contribution in [-0.2, 0) is 20.6 Å². The maximum atomic E-state index is 12.3. The molecule has 0 aliphatic heterocycles. The molecule has 0 heterocycles. The van der Waals surface area contributed by atoms with Crippen molar-refractivity contribution in [1.29, 1.82) is 0 Å². The van der Waals surface area contributed by atoms with Crippen LogP contribution in [0.2, 0.25) is 0 Å². The molecule has 5 nitrogen and oxygen atoms in total. The Morgan fingerprint density at radius 1 is 1.28 bits per heavy atom. The fraction of sp³-hybridized carbons (Fsp3) is 0.611. The fourth-order valence-corrected chi connectivity index (χ4v) is 4.68. The van der Waals surface area contributed by atoms with Gasteiger partial charge in [0.1, 0.15) is 0 Å². The fourth-order valence-electron chi connectivity index (χ4n) is 2.87. The summed E-state index contributed by atoms with van der Waals surface area (Å²) in [5.41, 5.74) is 0.908. The van der Waals surface area contributed by atoms with Gasteiger partial charge in [0.25, 0.3) is 0 Å². The van der Waals surface area contributed by atoms with Crippen molar-refractivity contribution in [2.24, 2.45) is 0 Å². The summed E-state index contributed by atoms with van der Waals surface area (Å²) < 4.78 is 25.6. The van der Waals surface area contributed by atoms with E-state index in [0.717, 1.165) is 18.4 Å². The topological polar surface area (TPSA) is 66.5 Å². The van der Waals surface area contributed by atoms with Crippen LogP contribution in [0.15, 0.2) is 29.2 Å². The van der Waals surface area contributed by atoms with E-state index in [-0.39, 0.29) is 16.1 Å². The van der Waals surface area contributed by atoms with Crippen LogP contribution >= 0.6 is 11.8 Å². The lowest BCUT2D eigenvalue weighted by molar-refractivity contribution is -0.121. The van der Waals surface area contributed by atoms with Crippen LogP contribution in [0, 0.1) is 0 Å². The zero-order valence-electron chi connectivity index (χ0n) is 15.2. The average molecular weight is 385 g/mol. The molecule has 7 heteroatoms. The van der Waals surface area contributed by atoms with E-state index < -0.39 is 10.0 Å². The lowest BCUT2D eigenvalue weighted by atomic mass is 9.95. The van der Waals surface area contributed by atoms with Crippen LogP contribution in [0.5, 0.6) is 0 Å². The van der Waals surface area contributed by atoms with Crippen molar-refractivity contribution in [3.05, 3.63) is 29.8 Å². The molecule has 1 amide bonds.